The first-order valence-electron chi connectivity index (χ1n) is 7.19. The molecule has 1 aliphatic rings. The zero-order valence-corrected chi connectivity index (χ0v) is 14.3. The van der Waals surface area contributed by atoms with Crippen LogP contribution in [0.1, 0.15) is 30.1 Å². The molecule has 0 spiro atoms. The summed E-state index contributed by atoms with van der Waals surface area (Å²) in [5.41, 5.74) is 6.95. The number of aromatic nitrogens is 1. The topological polar surface area (TPSA) is 4.93 Å². The van der Waals surface area contributed by atoms with Crippen molar-refractivity contribution in [1.82, 2.24) is 4.57 Å². The van der Waals surface area contributed by atoms with Gasteiger partial charge in [-0.3, -0.25) is 0 Å². The van der Waals surface area contributed by atoms with Crippen molar-refractivity contribution in [2.24, 2.45) is 0 Å². The zero-order valence-electron chi connectivity index (χ0n) is 12.5. The largest absolute Gasteiger partial charge is 0.342 e. The van der Waals surface area contributed by atoms with Crippen molar-refractivity contribution >= 4 is 30.6 Å². The Morgan fingerprint density at radius 3 is 2.50 bits per heavy atom. The van der Waals surface area contributed by atoms with Crippen LogP contribution in [0.15, 0.2) is 18.2 Å². The molecule has 1 saturated carbocycles. The van der Waals surface area contributed by atoms with Crippen LogP contribution in [0.5, 0.6) is 0 Å². The zero-order chi connectivity index (χ0) is 14.5. The number of benzene rings is 1. The highest BCUT2D eigenvalue weighted by atomic mass is 35.5. The maximum atomic E-state index is 6.44. The molecule has 1 aromatic heterocycles. The molecular weight excluding hydrogens is 282 g/mol. The number of aryl methyl sites for hydroxylation is 1. The second kappa shape index (κ2) is 4.68. The summed E-state index contributed by atoms with van der Waals surface area (Å²) in [4.78, 5) is 0. The smallest absolute Gasteiger partial charge is 0.129 e. The molecule has 0 N–H and O–H groups in total. The Kier molecular flexibility index (Phi) is 3.23. The highest BCUT2D eigenvalue weighted by Gasteiger charge is 2.26. The number of nitrogens with zero attached hydrogens (tertiary/aromatic N) is 1. The van der Waals surface area contributed by atoms with Crippen molar-refractivity contribution in [2.45, 2.75) is 45.4 Å². The second-order valence-corrected chi connectivity index (χ2v) is 11.9. The number of rotatable bonds is 1. The van der Waals surface area contributed by atoms with E-state index in [1.807, 2.05) is 0 Å². The van der Waals surface area contributed by atoms with Crippen molar-refractivity contribution in [1.29, 1.82) is 0 Å². The van der Waals surface area contributed by atoms with Gasteiger partial charge in [0.25, 0.3) is 0 Å². The minimum absolute atomic E-state index is 0.683. The molecule has 0 bridgehead atoms. The summed E-state index contributed by atoms with van der Waals surface area (Å²) < 4.78 is 2.43. The molecule has 20 heavy (non-hydrogen) atoms. The van der Waals surface area contributed by atoms with Gasteiger partial charge in [-0.15, -0.1) is 5.54 Å². The van der Waals surface area contributed by atoms with E-state index in [0.29, 0.717) is 6.04 Å². The average Bonchev–Trinajstić information content (AvgIpc) is 3.10. The minimum Gasteiger partial charge on any atom is -0.342 e. The lowest BCUT2D eigenvalue weighted by Gasteiger charge is -2.07. The monoisotopic (exact) mass is 301 g/mol. The van der Waals surface area contributed by atoms with Crippen LogP contribution >= 0.6 is 11.6 Å². The van der Waals surface area contributed by atoms with Crippen molar-refractivity contribution in [3.8, 4) is 11.5 Å². The lowest BCUT2D eigenvalue weighted by molar-refractivity contribution is 0.749. The molecule has 3 rings (SSSR count). The minimum atomic E-state index is -1.37. The molecule has 1 aliphatic carbocycles. The van der Waals surface area contributed by atoms with Gasteiger partial charge in [-0.05, 0) is 38.0 Å². The fourth-order valence-corrected chi connectivity index (χ4v) is 3.27. The van der Waals surface area contributed by atoms with Gasteiger partial charge >= 0.3 is 0 Å². The first-order chi connectivity index (χ1) is 9.35. The Hall–Kier alpha value is -1.17. The van der Waals surface area contributed by atoms with Crippen molar-refractivity contribution in [3.05, 3.63) is 34.5 Å². The van der Waals surface area contributed by atoms with Gasteiger partial charge in [0.2, 0.25) is 0 Å². The third-order valence-electron chi connectivity index (χ3n) is 3.60. The molecule has 1 heterocycles. The first kappa shape index (κ1) is 13.8. The molecule has 0 amide bonds. The highest BCUT2D eigenvalue weighted by molar-refractivity contribution is 6.83. The fourth-order valence-electron chi connectivity index (χ4n) is 2.56. The maximum absolute atomic E-state index is 6.44. The van der Waals surface area contributed by atoms with Crippen LogP contribution in [-0.4, -0.2) is 12.6 Å². The van der Waals surface area contributed by atoms with Crippen LogP contribution in [0.4, 0.5) is 0 Å². The predicted octanol–water partition coefficient (Wildman–Crippen LogP) is 5.17. The second-order valence-electron chi connectivity index (χ2n) is 6.78. The van der Waals surface area contributed by atoms with Crippen molar-refractivity contribution in [2.75, 3.05) is 0 Å². The Labute approximate surface area is 126 Å². The van der Waals surface area contributed by atoms with Gasteiger partial charge in [-0.1, -0.05) is 37.2 Å². The lowest BCUT2D eigenvalue weighted by Crippen LogP contribution is -2.16. The third-order valence-corrected chi connectivity index (χ3v) is 4.79. The van der Waals surface area contributed by atoms with Crippen LogP contribution < -0.4 is 0 Å². The van der Waals surface area contributed by atoms with Gasteiger partial charge < -0.3 is 4.57 Å². The van der Waals surface area contributed by atoms with Gasteiger partial charge in [0.15, 0.2) is 0 Å². The molecule has 1 fully saturated rings. The number of halogens is 1. The summed E-state index contributed by atoms with van der Waals surface area (Å²) in [5.74, 6) is 3.29. The highest BCUT2D eigenvalue weighted by Crippen LogP contribution is 2.40. The molecule has 3 heteroatoms. The summed E-state index contributed by atoms with van der Waals surface area (Å²) in [5, 5.41) is 2.04. The molecule has 0 saturated heterocycles. The van der Waals surface area contributed by atoms with Crippen LogP contribution in [-0.2, 0) is 0 Å². The van der Waals surface area contributed by atoms with E-state index >= 15 is 0 Å². The SMILES string of the molecule is Cc1cc2cc(C#C[Si](C)(C)C)c(Cl)cc2n1C1CC1. The fraction of sp³-hybridized carbons (Fsp3) is 0.412. The number of hydrogen-bond acceptors (Lipinski definition) is 0. The average molecular weight is 302 g/mol. The van der Waals surface area contributed by atoms with Gasteiger partial charge in [-0.25, -0.2) is 0 Å². The van der Waals surface area contributed by atoms with E-state index in [2.05, 4.69) is 60.8 Å². The molecule has 0 radical (unpaired) electrons. The number of fused-ring (bicyclic) bond motifs is 1. The normalized spacial score (nSPS) is 15.2. The van der Waals surface area contributed by atoms with Gasteiger partial charge in [-0.2, -0.15) is 0 Å². The lowest BCUT2D eigenvalue weighted by atomic mass is 10.1. The van der Waals surface area contributed by atoms with E-state index in [9.17, 15) is 0 Å². The summed E-state index contributed by atoms with van der Waals surface area (Å²) in [6.45, 7) is 8.93. The van der Waals surface area contributed by atoms with Crippen LogP contribution in [0.2, 0.25) is 24.7 Å². The summed E-state index contributed by atoms with van der Waals surface area (Å²) in [6.07, 6.45) is 2.58. The van der Waals surface area contributed by atoms with E-state index in [1.165, 1.54) is 29.4 Å². The van der Waals surface area contributed by atoms with Crippen LogP contribution in [0.25, 0.3) is 10.9 Å². The van der Waals surface area contributed by atoms with Gasteiger partial charge in [0.05, 0.1) is 10.5 Å². The van der Waals surface area contributed by atoms with E-state index in [0.717, 1.165) is 10.6 Å². The predicted molar refractivity (Wildman–Crippen MR) is 90.2 cm³/mol. The Balaban J connectivity index is 2.12. The molecule has 1 aromatic carbocycles. The van der Waals surface area contributed by atoms with E-state index in [-0.39, 0.29) is 0 Å². The summed E-state index contributed by atoms with van der Waals surface area (Å²) >= 11 is 6.44. The van der Waals surface area contributed by atoms with E-state index in [4.69, 9.17) is 11.6 Å². The van der Waals surface area contributed by atoms with Crippen molar-refractivity contribution in [3.63, 3.8) is 0 Å². The van der Waals surface area contributed by atoms with Gasteiger partial charge in [0.1, 0.15) is 8.07 Å². The van der Waals surface area contributed by atoms with E-state index in [1.54, 1.807) is 0 Å². The van der Waals surface area contributed by atoms with Gasteiger partial charge in [0, 0.05) is 22.7 Å². The molecular formula is C17H20ClNSi. The Morgan fingerprint density at radius 1 is 1.20 bits per heavy atom. The number of hydrogen-bond donors (Lipinski definition) is 0. The van der Waals surface area contributed by atoms with Crippen LogP contribution in [0, 0.1) is 18.4 Å². The molecule has 0 atom stereocenters. The van der Waals surface area contributed by atoms with Crippen molar-refractivity contribution < 1.29 is 0 Å². The van der Waals surface area contributed by atoms with Crippen LogP contribution in [0.3, 0.4) is 0 Å². The molecule has 1 nitrogen and oxygen atoms in total. The molecule has 0 aliphatic heterocycles. The summed E-state index contributed by atoms with van der Waals surface area (Å²) in [6, 6.07) is 7.18. The molecule has 104 valence electrons. The maximum Gasteiger partial charge on any atom is 0.129 e. The molecule has 2 aromatic rings. The van der Waals surface area contributed by atoms with E-state index < -0.39 is 8.07 Å². The molecule has 0 unspecified atom stereocenters. The first-order valence-corrected chi connectivity index (χ1v) is 11.1. The quantitative estimate of drug-likeness (QED) is 0.506. The standard InChI is InChI=1S/C17H20ClNSi/c1-12-9-14-10-13(7-8-20(2,3)4)16(18)11-17(14)19(12)15-5-6-15/h9-11,15H,5-6H2,1-4H3. The Morgan fingerprint density at radius 2 is 1.90 bits per heavy atom. The Bertz CT molecular complexity index is 736. The summed E-state index contributed by atoms with van der Waals surface area (Å²) in [7, 11) is -1.37. The third kappa shape index (κ3) is 2.66.